The largest absolute Gasteiger partial charge is 0.465 e. The van der Waals surface area contributed by atoms with Crippen LogP contribution in [0.15, 0.2) is 24.3 Å². The van der Waals surface area contributed by atoms with Crippen LogP contribution in [-0.2, 0) is 4.74 Å². The number of benzene rings is 1. The lowest BCUT2D eigenvalue weighted by Gasteiger charge is -1.98. The molecule has 1 aromatic rings. The maximum absolute atomic E-state index is 11.3. The molecule has 0 spiro atoms. The van der Waals surface area contributed by atoms with E-state index in [9.17, 15) is 4.79 Å². The number of nitrogens with one attached hydrogen (secondary N) is 1. The van der Waals surface area contributed by atoms with Gasteiger partial charge in [-0.05, 0) is 6.07 Å². The summed E-state index contributed by atoms with van der Waals surface area (Å²) < 4.78 is 4.59. The average Bonchev–Trinajstić information content (AvgIpc) is 2.16. The van der Waals surface area contributed by atoms with Crippen LogP contribution in [0.3, 0.4) is 0 Å². The summed E-state index contributed by atoms with van der Waals surface area (Å²) in [5.74, 6) is -0.407. The second kappa shape index (κ2) is 4.41. The maximum Gasteiger partial charge on any atom is 0.344 e. The molecule has 0 aromatic heterocycles. The van der Waals surface area contributed by atoms with Crippen LogP contribution in [0, 0.1) is 0 Å². The third kappa shape index (κ3) is 2.32. The predicted molar refractivity (Wildman–Crippen MR) is 51.7 cm³/mol. The summed E-state index contributed by atoms with van der Waals surface area (Å²) >= 11 is 0. The molecule has 0 heterocycles. The molecule has 0 bridgehead atoms. The molecule has 0 aliphatic carbocycles. The van der Waals surface area contributed by atoms with E-state index in [1.165, 1.54) is 14.0 Å². The predicted octanol–water partition coefficient (Wildman–Crippen LogP) is 0.162. The molecule has 0 unspecified atom stereocenters. The molecule has 0 aliphatic heterocycles. The van der Waals surface area contributed by atoms with Crippen LogP contribution < -0.4 is 4.99 Å². The zero-order valence-electron chi connectivity index (χ0n) is 8.07. The molecule has 4 heteroatoms. The van der Waals surface area contributed by atoms with Crippen LogP contribution in [-0.4, -0.2) is 24.1 Å². The lowest BCUT2D eigenvalue weighted by atomic mass is 10.2. The third-order valence-electron chi connectivity index (χ3n) is 1.65. The number of rotatable bonds is 2. The first-order chi connectivity index (χ1) is 6.65. The number of ether oxygens (including phenoxy) is 1. The molecule has 1 aromatic carbocycles. The molecule has 0 aliphatic rings. The Morgan fingerprint density at radius 2 is 2.07 bits per heavy atom. The number of aliphatic hydroxyl groups excluding tert-OH is 1. The van der Waals surface area contributed by atoms with Gasteiger partial charge < -0.3 is 9.84 Å². The Balaban J connectivity index is 3.16. The summed E-state index contributed by atoms with van der Waals surface area (Å²) in [6, 6.07) is 6.80. The Hall–Kier alpha value is -1.84. The van der Waals surface area contributed by atoms with Crippen molar-refractivity contribution in [2.24, 2.45) is 0 Å². The summed E-state index contributed by atoms with van der Waals surface area (Å²) in [5, 5.41) is 9.04. The Kier molecular flexibility index (Phi) is 3.23. The van der Waals surface area contributed by atoms with Crippen molar-refractivity contribution in [1.29, 1.82) is 0 Å². The summed E-state index contributed by atoms with van der Waals surface area (Å²) in [7, 11) is 1.31. The Morgan fingerprint density at radius 3 is 2.64 bits per heavy atom. The fourth-order valence-corrected chi connectivity index (χ4v) is 1.07. The highest BCUT2D eigenvalue weighted by Gasteiger charge is 2.14. The van der Waals surface area contributed by atoms with Gasteiger partial charge in [0.2, 0.25) is 5.69 Å². The van der Waals surface area contributed by atoms with Gasteiger partial charge in [-0.1, -0.05) is 12.1 Å². The van der Waals surface area contributed by atoms with E-state index in [2.05, 4.69) is 9.73 Å². The Bertz CT molecular complexity index is 367. The fourth-order valence-electron chi connectivity index (χ4n) is 1.07. The van der Waals surface area contributed by atoms with Crippen molar-refractivity contribution in [2.75, 3.05) is 7.11 Å². The normalized spacial score (nSPS) is 11.1. The van der Waals surface area contributed by atoms with Gasteiger partial charge in [0, 0.05) is 6.07 Å². The van der Waals surface area contributed by atoms with E-state index in [0.29, 0.717) is 11.3 Å². The van der Waals surface area contributed by atoms with E-state index in [-0.39, 0.29) is 5.90 Å². The van der Waals surface area contributed by atoms with E-state index in [1.807, 2.05) is 0 Å². The number of hydrogen-bond donors (Lipinski definition) is 2. The van der Waals surface area contributed by atoms with Gasteiger partial charge in [-0.3, -0.25) is 0 Å². The second-order valence-corrected chi connectivity index (χ2v) is 2.75. The number of hydrogen-bond acceptors (Lipinski definition) is 2. The molecule has 4 nitrogen and oxygen atoms in total. The molecule has 0 radical (unpaired) electrons. The topological polar surface area (TPSA) is 60.5 Å². The number of aliphatic hydroxyl groups is 1. The summed E-state index contributed by atoms with van der Waals surface area (Å²) in [6.45, 7) is 1.49. The van der Waals surface area contributed by atoms with Crippen molar-refractivity contribution in [3.05, 3.63) is 29.8 Å². The summed E-state index contributed by atoms with van der Waals surface area (Å²) in [6.07, 6.45) is 0. The number of esters is 1. The van der Waals surface area contributed by atoms with Gasteiger partial charge in [-0.2, -0.15) is 4.99 Å². The minimum absolute atomic E-state index is 0.0290. The zero-order chi connectivity index (χ0) is 10.6. The minimum atomic E-state index is -0.436. The molecule has 2 N–H and O–H groups in total. The molecule has 0 saturated heterocycles. The van der Waals surface area contributed by atoms with E-state index in [4.69, 9.17) is 5.11 Å². The molecular formula is C10H12NO3+. The Labute approximate surface area is 81.9 Å². The monoisotopic (exact) mass is 194 g/mol. The van der Waals surface area contributed by atoms with Crippen LogP contribution >= 0.6 is 0 Å². The first-order valence-corrected chi connectivity index (χ1v) is 4.12. The molecule has 74 valence electrons. The van der Waals surface area contributed by atoms with Crippen molar-refractivity contribution in [3.8, 4) is 0 Å². The number of methoxy groups -OCH3 is 1. The van der Waals surface area contributed by atoms with Gasteiger partial charge in [0.05, 0.1) is 14.0 Å². The molecule has 0 saturated carbocycles. The van der Waals surface area contributed by atoms with Gasteiger partial charge in [0.1, 0.15) is 5.56 Å². The second-order valence-electron chi connectivity index (χ2n) is 2.75. The molecule has 0 amide bonds. The number of carbonyl (C=O) groups excluding carboxylic acids is 1. The third-order valence-corrected chi connectivity index (χ3v) is 1.65. The van der Waals surface area contributed by atoms with Gasteiger partial charge in [-0.25, -0.2) is 4.79 Å². The van der Waals surface area contributed by atoms with Crippen molar-refractivity contribution in [1.82, 2.24) is 0 Å². The molecular weight excluding hydrogens is 182 g/mol. The lowest BCUT2D eigenvalue weighted by molar-refractivity contribution is -0.366. The van der Waals surface area contributed by atoms with Crippen molar-refractivity contribution in [3.63, 3.8) is 0 Å². The van der Waals surface area contributed by atoms with Crippen LogP contribution in [0.25, 0.3) is 0 Å². The quantitative estimate of drug-likeness (QED) is 0.400. The highest BCUT2D eigenvalue weighted by molar-refractivity contribution is 5.93. The summed E-state index contributed by atoms with van der Waals surface area (Å²) in [4.78, 5) is 13.9. The summed E-state index contributed by atoms with van der Waals surface area (Å²) in [5.41, 5.74) is 0.919. The molecule has 1 rings (SSSR count). The smallest absolute Gasteiger partial charge is 0.344 e. The molecule has 0 fully saturated rings. The first-order valence-electron chi connectivity index (χ1n) is 4.12. The number of carbonyl (C=O) groups is 1. The van der Waals surface area contributed by atoms with Crippen LogP contribution in [0.1, 0.15) is 17.3 Å². The van der Waals surface area contributed by atoms with E-state index >= 15 is 0 Å². The fraction of sp³-hybridized carbons (Fsp3) is 0.200. The van der Waals surface area contributed by atoms with Gasteiger partial charge >= 0.3 is 11.9 Å². The molecule has 14 heavy (non-hydrogen) atoms. The SMILES string of the molecule is COC(=O)c1ccccc1[NH+]=C(C)O. The van der Waals surface area contributed by atoms with Gasteiger partial charge in [0.15, 0.2) is 0 Å². The average molecular weight is 194 g/mol. The minimum Gasteiger partial charge on any atom is -0.465 e. The first kappa shape index (κ1) is 10.2. The zero-order valence-corrected chi connectivity index (χ0v) is 8.07. The van der Waals surface area contributed by atoms with Gasteiger partial charge in [-0.15, -0.1) is 0 Å². The lowest BCUT2D eigenvalue weighted by Crippen LogP contribution is -2.66. The van der Waals surface area contributed by atoms with Crippen molar-refractivity contribution >= 4 is 17.6 Å². The Morgan fingerprint density at radius 1 is 1.43 bits per heavy atom. The molecule has 0 atom stereocenters. The van der Waals surface area contributed by atoms with E-state index < -0.39 is 5.97 Å². The van der Waals surface area contributed by atoms with Crippen LogP contribution in [0.2, 0.25) is 0 Å². The van der Waals surface area contributed by atoms with Gasteiger partial charge in [0.25, 0.3) is 0 Å². The van der Waals surface area contributed by atoms with Crippen LogP contribution in [0.4, 0.5) is 5.69 Å². The maximum atomic E-state index is 11.3. The van der Waals surface area contributed by atoms with Crippen molar-refractivity contribution < 1.29 is 19.6 Å². The van der Waals surface area contributed by atoms with Crippen molar-refractivity contribution in [2.45, 2.75) is 6.92 Å². The highest BCUT2D eigenvalue weighted by Crippen LogP contribution is 2.09. The standard InChI is InChI=1S/C10H11NO3/c1-7(12)11-9-6-4-3-5-8(9)10(13)14-2/h3-6H,1-2H3,(H,11,12)/p+1. The van der Waals surface area contributed by atoms with E-state index in [1.54, 1.807) is 24.3 Å². The van der Waals surface area contributed by atoms with Crippen LogP contribution in [0.5, 0.6) is 0 Å². The highest BCUT2D eigenvalue weighted by atomic mass is 16.5. The number of para-hydroxylation sites is 1. The van der Waals surface area contributed by atoms with E-state index in [0.717, 1.165) is 0 Å².